The first-order valence-corrected chi connectivity index (χ1v) is 9.96. The van der Waals surface area contributed by atoms with Crippen LogP contribution in [-0.4, -0.2) is 33.8 Å². The van der Waals surface area contributed by atoms with Crippen LogP contribution in [0.15, 0.2) is 54.6 Å². The Morgan fingerprint density at radius 3 is 2.23 bits per heavy atom. The SMILES string of the molecule is COC(=O)CC(c1ccc(OS(C)(=O)=O)cc1)C(N)Cc1ccccc1. The molecule has 0 spiro atoms. The Labute approximate surface area is 154 Å². The molecule has 6 nitrogen and oxygen atoms in total. The number of carbonyl (C=O) groups excluding carboxylic acids is 1. The zero-order chi connectivity index (χ0) is 19.2. The molecule has 0 saturated carbocycles. The van der Waals surface area contributed by atoms with Crippen LogP contribution in [0.25, 0.3) is 0 Å². The minimum atomic E-state index is -3.59. The molecule has 2 rings (SSSR count). The molecule has 140 valence electrons. The fraction of sp³-hybridized carbons (Fsp3) is 0.316. The molecule has 0 saturated heterocycles. The lowest BCUT2D eigenvalue weighted by Gasteiger charge is -2.24. The molecule has 7 heteroatoms. The van der Waals surface area contributed by atoms with Crippen LogP contribution in [0.1, 0.15) is 23.5 Å². The number of benzene rings is 2. The van der Waals surface area contributed by atoms with Gasteiger partial charge in [0.05, 0.1) is 19.8 Å². The molecule has 0 aliphatic rings. The molecule has 2 unspecified atom stereocenters. The highest BCUT2D eigenvalue weighted by molar-refractivity contribution is 7.86. The van der Waals surface area contributed by atoms with Crippen molar-refractivity contribution in [2.45, 2.75) is 24.8 Å². The largest absolute Gasteiger partial charge is 0.469 e. The summed E-state index contributed by atoms with van der Waals surface area (Å²) in [6.45, 7) is 0. The number of carbonyl (C=O) groups is 1. The van der Waals surface area contributed by atoms with Gasteiger partial charge in [-0.05, 0) is 29.7 Å². The maximum Gasteiger partial charge on any atom is 0.306 e. The number of esters is 1. The summed E-state index contributed by atoms with van der Waals surface area (Å²) < 4.78 is 32.1. The number of nitrogens with two attached hydrogens (primary N) is 1. The maximum absolute atomic E-state index is 11.8. The van der Waals surface area contributed by atoms with E-state index in [0.29, 0.717) is 6.42 Å². The van der Waals surface area contributed by atoms with Gasteiger partial charge in [0.25, 0.3) is 0 Å². The fourth-order valence-electron chi connectivity index (χ4n) is 2.75. The van der Waals surface area contributed by atoms with Crippen LogP contribution in [0.3, 0.4) is 0 Å². The quantitative estimate of drug-likeness (QED) is 0.560. The first kappa shape index (κ1) is 19.9. The highest BCUT2D eigenvalue weighted by Gasteiger charge is 2.24. The van der Waals surface area contributed by atoms with E-state index in [0.717, 1.165) is 17.4 Å². The van der Waals surface area contributed by atoms with Crippen LogP contribution >= 0.6 is 0 Å². The van der Waals surface area contributed by atoms with Crippen molar-refractivity contribution in [3.05, 3.63) is 65.7 Å². The van der Waals surface area contributed by atoms with Gasteiger partial charge in [-0.25, -0.2) is 0 Å². The van der Waals surface area contributed by atoms with Gasteiger partial charge in [-0.3, -0.25) is 4.79 Å². The Morgan fingerprint density at radius 1 is 1.08 bits per heavy atom. The molecule has 0 aliphatic carbocycles. The molecule has 0 aromatic heterocycles. The minimum absolute atomic E-state index is 0.136. The van der Waals surface area contributed by atoms with Crippen LogP contribution in [0.4, 0.5) is 0 Å². The van der Waals surface area contributed by atoms with E-state index in [1.807, 2.05) is 30.3 Å². The molecule has 26 heavy (non-hydrogen) atoms. The van der Waals surface area contributed by atoms with E-state index < -0.39 is 10.1 Å². The summed E-state index contributed by atoms with van der Waals surface area (Å²) in [5, 5.41) is 0. The minimum Gasteiger partial charge on any atom is -0.469 e. The van der Waals surface area contributed by atoms with Gasteiger partial charge in [-0.1, -0.05) is 42.5 Å². The Morgan fingerprint density at radius 2 is 1.69 bits per heavy atom. The van der Waals surface area contributed by atoms with Crippen LogP contribution in [-0.2, 0) is 26.1 Å². The Balaban J connectivity index is 2.21. The molecular weight excluding hydrogens is 354 g/mol. The van der Waals surface area contributed by atoms with Gasteiger partial charge in [0.2, 0.25) is 0 Å². The molecule has 0 radical (unpaired) electrons. The van der Waals surface area contributed by atoms with E-state index in [4.69, 9.17) is 14.7 Å². The van der Waals surface area contributed by atoms with Crippen molar-refractivity contribution < 1.29 is 22.1 Å². The second-order valence-electron chi connectivity index (χ2n) is 6.10. The Hall–Kier alpha value is -2.38. The third kappa shape index (κ3) is 6.16. The summed E-state index contributed by atoms with van der Waals surface area (Å²) in [5.74, 6) is -0.408. The molecule has 0 bridgehead atoms. The first-order chi connectivity index (χ1) is 12.3. The second-order valence-corrected chi connectivity index (χ2v) is 7.67. The van der Waals surface area contributed by atoms with Crippen molar-refractivity contribution in [2.24, 2.45) is 5.73 Å². The zero-order valence-electron chi connectivity index (χ0n) is 14.8. The molecule has 2 aromatic rings. The van der Waals surface area contributed by atoms with E-state index in [-0.39, 0.29) is 30.1 Å². The van der Waals surface area contributed by atoms with E-state index in [9.17, 15) is 13.2 Å². The summed E-state index contributed by atoms with van der Waals surface area (Å²) in [7, 11) is -2.25. The number of rotatable bonds is 8. The zero-order valence-corrected chi connectivity index (χ0v) is 15.6. The van der Waals surface area contributed by atoms with Crippen molar-refractivity contribution in [1.29, 1.82) is 0 Å². The summed E-state index contributed by atoms with van der Waals surface area (Å²) in [4.78, 5) is 11.8. The van der Waals surface area contributed by atoms with Crippen LogP contribution in [0.5, 0.6) is 5.75 Å². The van der Waals surface area contributed by atoms with Crippen LogP contribution < -0.4 is 9.92 Å². The lowest BCUT2D eigenvalue weighted by atomic mass is 9.85. The van der Waals surface area contributed by atoms with Gasteiger partial charge in [0.1, 0.15) is 5.75 Å². The summed E-state index contributed by atoms with van der Waals surface area (Å²) >= 11 is 0. The number of hydrogen-bond acceptors (Lipinski definition) is 6. The van der Waals surface area contributed by atoms with Gasteiger partial charge in [0.15, 0.2) is 0 Å². The molecular formula is C19H23NO5S. The Kier molecular flexibility index (Phi) is 6.76. The predicted molar refractivity (Wildman–Crippen MR) is 99.4 cm³/mol. The van der Waals surface area contributed by atoms with Crippen molar-refractivity contribution in [3.8, 4) is 5.75 Å². The predicted octanol–water partition coefficient (Wildman–Crippen LogP) is 2.24. The van der Waals surface area contributed by atoms with Crippen molar-refractivity contribution in [3.63, 3.8) is 0 Å². The van der Waals surface area contributed by atoms with Crippen molar-refractivity contribution in [1.82, 2.24) is 0 Å². The molecule has 0 fully saturated rings. The van der Waals surface area contributed by atoms with Crippen LogP contribution in [0, 0.1) is 0 Å². The van der Waals surface area contributed by atoms with E-state index >= 15 is 0 Å². The fourth-order valence-corrected chi connectivity index (χ4v) is 3.21. The number of ether oxygens (including phenoxy) is 1. The molecule has 2 atom stereocenters. The highest BCUT2D eigenvalue weighted by atomic mass is 32.2. The molecule has 2 aromatic carbocycles. The smallest absolute Gasteiger partial charge is 0.306 e. The first-order valence-electron chi connectivity index (χ1n) is 8.14. The van der Waals surface area contributed by atoms with Gasteiger partial charge < -0.3 is 14.7 Å². The van der Waals surface area contributed by atoms with Gasteiger partial charge in [-0.2, -0.15) is 8.42 Å². The molecule has 0 heterocycles. The lowest BCUT2D eigenvalue weighted by molar-refractivity contribution is -0.141. The summed E-state index contributed by atoms with van der Waals surface area (Å²) in [6.07, 6.45) is 1.72. The normalized spacial score (nSPS) is 13.7. The van der Waals surface area contributed by atoms with Crippen molar-refractivity contribution in [2.75, 3.05) is 13.4 Å². The summed E-state index contributed by atoms with van der Waals surface area (Å²) in [5.41, 5.74) is 8.28. The van der Waals surface area contributed by atoms with E-state index in [1.54, 1.807) is 24.3 Å². The number of hydrogen-bond donors (Lipinski definition) is 1. The molecule has 0 aliphatic heterocycles. The van der Waals surface area contributed by atoms with Gasteiger partial charge >= 0.3 is 16.1 Å². The Bertz CT molecular complexity index is 819. The third-order valence-electron chi connectivity index (χ3n) is 4.00. The van der Waals surface area contributed by atoms with Gasteiger partial charge in [-0.15, -0.1) is 0 Å². The average molecular weight is 377 g/mol. The average Bonchev–Trinajstić information content (AvgIpc) is 2.59. The molecule has 2 N–H and O–H groups in total. The van der Waals surface area contributed by atoms with Gasteiger partial charge in [0, 0.05) is 12.0 Å². The summed E-state index contributed by atoms with van der Waals surface area (Å²) in [6, 6.07) is 16.0. The third-order valence-corrected chi connectivity index (χ3v) is 4.50. The monoisotopic (exact) mass is 377 g/mol. The van der Waals surface area contributed by atoms with E-state index in [2.05, 4.69) is 0 Å². The second kappa shape index (κ2) is 8.82. The molecule has 0 amide bonds. The van der Waals surface area contributed by atoms with Crippen molar-refractivity contribution >= 4 is 16.1 Å². The van der Waals surface area contributed by atoms with Crippen LogP contribution in [0.2, 0.25) is 0 Å². The highest BCUT2D eigenvalue weighted by Crippen LogP contribution is 2.27. The maximum atomic E-state index is 11.8. The standard InChI is InChI=1S/C19H23NO5S/c1-24-19(21)13-17(18(20)12-14-6-4-3-5-7-14)15-8-10-16(11-9-15)25-26(2,22)23/h3-11,17-18H,12-13,20H2,1-2H3. The van der Waals surface area contributed by atoms with E-state index in [1.165, 1.54) is 7.11 Å². The lowest BCUT2D eigenvalue weighted by Crippen LogP contribution is -2.32. The number of methoxy groups -OCH3 is 1. The topological polar surface area (TPSA) is 95.7 Å².